The van der Waals surface area contributed by atoms with E-state index < -0.39 is 6.80 Å². The maximum atomic E-state index is 11.2. The second kappa shape index (κ2) is 5.85. The van der Waals surface area contributed by atoms with E-state index in [2.05, 4.69) is 10.6 Å². The lowest BCUT2D eigenvalue weighted by molar-refractivity contribution is 0.425. The third-order valence-electron chi connectivity index (χ3n) is 0.646. The molecule has 0 amide bonds. The largest absolute Gasteiger partial charge is 0.318 e. The lowest BCUT2D eigenvalue weighted by Crippen LogP contribution is -2.23. The molecule has 44 valence electrons. The summed E-state index contributed by atoms with van der Waals surface area (Å²) in [5, 5.41) is 5.39. The van der Waals surface area contributed by atoms with Crippen LogP contribution in [0.2, 0.25) is 0 Å². The number of alkyl halides is 1. The van der Waals surface area contributed by atoms with Crippen molar-refractivity contribution in [2.75, 3.05) is 26.9 Å². The first kappa shape index (κ1) is 6.85. The minimum Gasteiger partial charge on any atom is -0.318 e. The molecule has 0 radical (unpaired) electrons. The van der Waals surface area contributed by atoms with Gasteiger partial charge in [-0.25, -0.2) is 4.39 Å². The topological polar surface area (TPSA) is 24.1 Å². The van der Waals surface area contributed by atoms with Crippen molar-refractivity contribution in [3.05, 3.63) is 0 Å². The summed E-state index contributed by atoms with van der Waals surface area (Å²) >= 11 is 0. The van der Waals surface area contributed by atoms with E-state index in [1.807, 2.05) is 7.05 Å². The Morgan fingerprint density at radius 3 is 2.57 bits per heavy atom. The van der Waals surface area contributed by atoms with Crippen LogP contribution in [0.15, 0.2) is 0 Å². The molecule has 2 nitrogen and oxygen atoms in total. The van der Waals surface area contributed by atoms with Gasteiger partial charge < -0.3 is 5.32 Å². The minimum atomic E-state index is -0.429. The number of rotatable bonds is 4. The first-order chi connectivity index (χ1) is 3.41. The van der Waals surface area contributed by atoms with Gasteiger partial charge in [-0.1, -0.05) is 0 Å². The van der Waals surface area contributed by atoms with E-state index in [0.29, 0.717) is 6.54 Å². The van der Waals surface area contributed by atoms with E-state index in [-0.39, 0.29) is 0 Å². The van der Waals surface area contributed by atoms with Crippen LogP contribution in [0, 0.1) is 0 Å². The Balaban J connectivity index is 2.45. The van der Waals surface area contributed by atoms with Crippen LogP contribution in [0.5, 0.6) is 0 Å². The third-order valence-corrected chi connectivity index (χ3v) is 0.646. The number of likely N-dealkylation sites (N-methyl/N-ethyl adjacent to an activating group) is 1. The van der Waals surface area contributed by atoms with Crippen molar-refractivity contribution in [1.82, 2.24) is 10.6 Å². The first-order valence-electron chi connectivity index (χ1n) is 2.33. The van der Waals surface area contributed by atoms with Gasteiger partial charge in [0.25, 0.3) is 0 Å². The van der Waals surface area contributed by atoms with Crippen molar-refractivity contribution in [1.29, 1.82) is 0 Å². The zero-order valence-corrected chi connectivity index (χ0v) is 4.50. The number of nitrogens with one attached hydrogen (secondary N) is 2. The molecule has 0 aromatic rings. The van der Waals surface area contributed by atoms with Crippen molar-refractivity contribution >= 4 is 0 Å². The molecule has 0 atom stereocenters. The molecule has 0 saturated heterocycles. The summed E-state index contributed by atoms with van der Waals surface area (Å²) in [6.45, 7) is 1.10. The Bertz CT molecular complexity index is 28.9. The van der Waals surface area contributed by atoms with Crippen molar-refractivity contribution in [3.63, 3.8) is 0 Å². The van der Waals surface area contributed by atoms with Gasteiger partial charge >= 0.3 is 0 Å². The van der Waals surface area contributed by atoms with E-state index in [0.717, 1.165) is 6.54 Å². The summed E-state index contributed by atoms with van der Waals surface area (Å²) in [5.74, 6) is 0. The molecule has 0 heterocycles. The maximum absolute atomic E-state index is 11.2. The first-order valence-corrected chi connectivity index (χ1v) is 2.33. The van der Waals surface area contributed by atoms with E-state index in [1.165, 1.54) is 0 Å². The van der Waals surface area contributed by atoms with Gasteiger partial charge in [0, 0.05) is 13.1 Å². The fourth-order valence-corrected chi connectivity index (χ4v) is 0.280. The highest BCUT2D eigenvalue weighted by Crippen LogP contribution is 1.56. The molecule has 0 aromatic heterocycles. The summed E-state index contributed by atoms with van der Waals surface area (Å²) in [6.07, 6.45) is 0. The SMILES string of the molecule is CNCCNCF. The van der Waals surface area contributed by atoms with Gasteiger partial charge in [-0.2, -0.15) is 0 Å². The van der Waals surface area contributed by atoms with Crippen LogP contribution in [-0.4, -0.2) is 26.9 Å². The molecule has 7 heavy (non-hydrogen) atoms. The fourth-order valence-electron chi connectivity index (χ4n) is 0.280. The average molecular weight is 106 g/mol. The van der Waals surface area contributed by atoms with Crippen LogP contribution in [0.4, 0.5) is 4.39 Å². The predicted molar refractivity (Wildman–Crippen MR) is 27.9 cm³/mol. The molecule has 2 N–H and O–H groups in total. The zero-order valence-electron chi connectivity index (χ0n) is 4.50. The molecule has 0 aliphatic carbocycles. The molecule has 0 aliphatic rings. The maximum Gasteiger partial charge on any atom is 0.140 e. The highest BCUT2D eigenvalue weighted by molar-refractivity contribution is 4.40. The molecular formula is C4H11FN2. The highest BCUT2D eigenvalue weighted by Gasteiger charge is 1.77. The molecule has 0 aliphatic heterocycles. The predicted octanol–water partition coefficient (Wildman–Crippen LogP) is -0.278. The van der Waals surface area contributed by atoms with Crippen molar-refractivity contribution in [2.45, 2.75) is 0 Å². The Labute approximate surface area is 43.1 Å². The van der Waals surface area contributed by atoms with Gasteiger partial charge in [-0.05, 0) is 7.05 Å². The van der Waals surface area contributed by atoms with Crippen LogP contribution in [0.3, 0.4) is 0 Å². The second-order valence-electron chi connectivity index (χ2n) is 1.24. The number of halogens is 1. The lowest BCUT2D eigenvalue weighted by Gasteiger charge is -1.95. The van der Waals surface area contributed by atoms with Gasteiger partial charge in [0.2, 0.25) is 0 Å². The van der Waals surface area contributed by atoms with Gasteiger partial charge in [-0.15, -0.1) is 0 Å². The minimum absolute atomic E-state index is 0.429. The zero-order chi connectivity index (χ0) is 5.54. The summed E-state index contributed by atoms with van der Waals surface area (Å²) in [6, 6.07) is 0. The molecule has 0 aromatic carbocycles. The average Bonchev–Trinajstić information content (AvgIpc) is 1.69. The quantitative estimate of drug-likeness (QED) is 0.380. The standard InChI is InChI=1S/C4H11FN2/c1-6-2-3-7-4-5/h6-7H,2-4H2,1H3. The van der Waals surface area contributed by atoms with Crippen LogP contribution in [0.25, 0.3) is 0 Å². The Morgan fingerprint density at radius 2 is 2.14 bits per heavy atom. The van der Waals surface area contributed by atoms with E-state index >= 15 is 0 Å². The van der Waals surface area contributed by atoms with Crippen molar-refractivity contribution < 1.29 is 4.39 Å². The van der Waals surface area contributed by atoms with Gasteiger partial charge in [0.05, 0.1) is 0 Å². The summed E-state index contributed by atoms with van der Waals surface area (Å²) < 4.78 is 11.2. The summed E-state index contributed by atoms with van der Waals surface area (Å²) in [4.78, 5) is 0. The third kappa shape index (κ3) is 5.85. The van der Waals surface area contributed by atoms with Gasteiger partial charge in [0.1, 0.15) is 6.80 Å². The van der Waals surface area contributed by atoms with E-state index in [4.69, 9.17) is 0 Å². The van der Waals surface area contributed by atoms with Gasteiger partial charge in [-0.3, -0.25) is 5.32 Å². The Hall–Kier alpha value is -0.150. The number of hydrogen-bond acceptors (Lipinski definition) is 2. The van der Waals surface area contributed by atoms with E-state index in [1.54, 1.807) is 0 Å². The summed E-state index contributed by atoms with van der Waals surface area (Å²) in [7, 11) is 1.83. The van der Waals surface area contributed by atoms with Gasteiger partial charge in [0.15, 0.2) is 0 Å². The van der Waals surface area contributed by atoms with Crippen LogP contribution in [-0.2, 0) is 0 Å². The fraction of sp³-hybridized carbons (Fsp3) is 1.00. The molecule has 0 bridgehead atoms. The molecule has 0 saturated carbocycles. The summed E-state index contributed by atoms with van der Waals surface area (Å²) in [5.41, 5.74) is 0. The molecule has 0 rings (SSSR count). The van der Waals surface area contributed by atoms with Crippen LogP contribution in [0.1, 0.15) is 0 Å². The van der Waals surface area contributed by atoms with Crippen molar-refractivity contribution in [2.24, 2.45) is 0 Å². The molecule has 0 fully saturated rings. The smallest absolute Gasteiger partial charge is 0.140 e. The number of hydrogen-bond donors (Lipinski definition) is 2. The molecule has 0 spiro atoms. The lowest BCUT2D eigenvalue weighted by atomic mass is 10.6. The van der Waals surface area contributed by atoms with Crippen LogP contribution >= 0.6 is 0 Å². The van der Waals surface area contributed by atoms with Crippen molar-refractivity contribution in [3.8, 4) is 0 Å². The van der Waals surface area contributed by atoms with E-state index in [9.17, 15) is 4.39 Å². The molecule has 3 heteroatoms. The van der Waals surface area contributed by atoms with Crippen LogP contribution < -0.4 is 10.6 Å². The Morgan fingerprint density at radius 1 is 1.43 bits per heavy atom. The second-order valence-corrected chi connectivity index (χ2v) is 1.24. The molecule has 0 unspecified atom stereocenters. The monoisotopic (exact) mass is 106 g/mol. The normalized spacial score (nSPS) is 9.43. The molecular weight excluding hydrogens is 95.1 g/mol. The Kier molecular flexibility index (Phi) is 5.72. The highest BCUT2D eigenvalue weighted by atomic mass is 19.1.